The molecule has 1 atom stereocenters. The molecule has 0 saturated carbocycles. The molecule has 1 aromatic carbocycles. The first-order valence-electron chi connectivity index (χ1n) is 11.3. The Balaban J connectivity index is 1.48. The van der Waals surface area contributed by atoms with E-state index in [0.29, 0.717) is 35.1 Å². The Kier molecular flexibility index (Phi) is 5.42. The number of benzene rings is 1. The lowest BCUT2D eigenvalue weighted by molar-refractivity contribution is 0.0783. The number of amides is 1. The Bertz CT molecular complexity index is 1300. The number of nitrogens with zero attached hydrogens (tertiary/aromatic N) is 6. The van der Waals surface area contributed by atoms with E-state index >= 15 is 0 Å². The summed E-state index contributed by atoms with van der Waals surface area (Å²) in [5.41, 5.74) is 4.06. The topological polar surface area (TPSA) is 132 Å². The van der Waals surface area contributed by atoms with Crippen molar-refractivity contribution >= 4 is 23.2 Å². The number of likely N-dealkylation sites (tertiary alicyclic amines) is 1. The van der Waals surface area contributed by atoms with Crippen LogP contribution in [-0.4, -0.2) is 61.9 Å². The second kappa shape index (κ2) is 8.43. The molecule has 5 rings (SSSR count). The average Bonchev–Trinajstić information content (AvgIpc) is 3.59. The minimum absolute atomic E-state index is 0.0350. The maximum Gasteiger partial charge on any atom is 0.274 e. The Morgan fingerprint density at radius 3 is 2.88 bits per heavy atom. The zero-order valence-corrected chi connectivity index (χ0v) is 19.2. The fraction of sp³-hybridized carbons (Fsp3) is 0.375. The van der Waals surface area contributed by atoms with Crippen LogP contribution in [0.1, 0.15) is 41.4 Å². The lowest BCUT2D eigenvalue weighted by Crippen LogP contribution is -2.30. The van der Waals surface area contributed by atoms with Gasteiger partial charge in [-0.25, -0.2) is 9.97 Å². The fourth-order valence-corrected chi connectivity index (χ4v) is 4.62. The molecule has 0 bridgehead atoms. The van der Waals surface area contributed by atoms with Gasteiger partial charge >= 0.3 is 0 Å². The van der Waals surface area contributed by atoms with Gasteiger partial charge in [-0.1, -0.05) is 6.92 Å². The van der Waals surface area contributed by atoms with Crippen molar-refractivity contribution < 1.29 is 9.90 Å². The number of rotatable bonds is 5. The first kappa shape index (κ1) is 21.9. The first-order chi connectivity index (χ1) is 16.4. The summed E-state index contributed by atoms with van der Waals surface area (Å²) in [7, 11) is 1.74. The largest absolute Gasteiger partial charge is 0.395 e. The molecule has 2 aliphatic heterocycles. The third-order valence-electron chi connectivity index (χ3n) is 6.65. The lowest BCUT2D eigenvalue weighted by atomic mass is 9.83. The number of carbonyl (C=O) groups excluding carboxylic acids is 1. The summed E-state index contributed by atoms with van der Waals surface area (Å²) in [5.74, 6) is 0.257. The minimum atomic E-state index is -0.481. The molecule has 10 nitrogen and oxygen atoms in total. The van der Waals surface area contributed by atoms with Crippen LogP contribution in [-0.2, 0) is 12.5 Å². The highest BCUT2D eigenvalue weighted by molar-refractivity contribution is 5.98. The van der Waals surface area contributed by atoms with Crippen LogP contribution < -0.4 is 10.6 Å². The van der Waals surface area contributed by atoms with Gasteiger partial charge in [-0.2, -0.15) is 10.4 Å². The molecule has 2 aliphatic rings. The van der Waals surface area contributed by atoms with Crippen molar-refractivity contribution in [3.63, 3.8) is 0 Å². The predicted molar refractivity (Wildman–Crippen MR) is 127 cm³/mol. The zero-order valence-electron chi connectivity index (χ0n) is 19.2. The van der Waals surface area contributed by atoms with Crippen molar-refractivity contribution in [3.05, 3.63) is 47.4 Å². The Morgan fingerprint density at radius 1 is 1.35 bits per heavy atom. The smallest absolute Gasteiger partial charge is 0.274 e. The van der Waals surface area contributed by atoms with Gasteiger partial charge in [0.05, 0.1) is 35.4 Å². The number of hydrogen-bond donors (Lipinski definition) is 3. The number of anilines is 3. The average molecular weight is 459 g/mol. The highest BCUT2D eigenvalue weighted by Gasteiger charge is 2.36. The Morgan fingerprint density at radius 2 is 2.15 bits per heavy atom. The number of hydrogen-bond acceptors (Lipinski definition) is 8. The number of nitrogens with one attached hydrogen (secondary N) is 2. The van der Waals surface area contributed by atoms with Crippen LogP contribution in [0.5, 0.6) is 0 Å². The molecule has 0 aliphatic carbocycles. The number of carbonyl (C=O) groups is 1. The van der Waals surface area contributed by atoms with E-state index in [0.717, 1.165) is 42.7 Å². The second-order valence-electron chi connectivity index (χ2n) is 9.05. The highest BCUT2D eigenvalue weighted by Crippen LogP contribution is 2.41. The molecular weight excluding hydrogens is 432 g/mol. The number of aryl methyl sites for hydroxylation is 1. The molecule has 10 heteroatoms. The molecule has 0 unspecified atom stereocenters. The Hall–Kier alpha value is -3.97. The summed E-state index contributed by atoms with van der Waals surface area (Å²) >= 11 is 0. The van der Waals surface area contributed by atoms with E-state index in [1.807, 2.05) is 17.9 Å². The van der Waals surface area contributed by atoms with Crippen molar-refractivity contribution in [3.8, 4) is 17.3 Å². The monoisotopic (exact) mass is 458 g/mol. The van der Waals surface area contributed by atoms with E-state index in [1.165, 1.54) is 0 Å². The van der Waals surface area contributed by atoms with Crippen LogP contribution >= 0.6 is 0 Å². The summed E-state index contributed by atoms with van der Waals surface area (Å²) < 4.78 is 1.56. The van der Waals surface area contributed by atoms with Crippen LogP contribution in [0.2, 0.25) is 0 Å². The fourth-order valence-electron chi connectivity index (χ4n) is 4.62. The van der Waals surface area contributed by atoms with Crippen LogP contribution in [0.4, 0.5) is 17.3 Å². The van der Waals surface area contributed by atoms with Gasteiger partial charge in [-0.3, -0.25) is 9.48 Å². The normalized spacial score (nSPS) is 18.9. The van der Waals surface area contributed by atoms with Crippen molar-refractivity contribution in [2.24, 2.45) is 7.05 Å². The molecule has 3 N–H and O–H groups in total. The number of aliphatic hydroxyl groups is 1. The van der Waals surface area contributed by atoms with E-state index in [9.17, 15) is 15.2 Å². The van der Waals surface area contributed by atoms with Crippen molar-refractivity contribution in [2.45, 2.75) is 25.2 Å². The molecule has 34 heavy (non-hydrogen) atoms. The molecule has 1 saturated heterocycles. The molecule has 1 fully saturated rings. The SMILES string of the molecule is Cn1ncc(Nc2nccc(-c3cc(C#N)c4c(c3)[C@@](C)(CO)CN4)n2)c1C(=O)N1CCCC1. The molecule has 0 radical (unpaired) electrons. The molecular formula is C24H26N8O2. The summed E-state index contributed by atoms with van der Waals surface area (Å²) in [6.07, 6.45) is 5.24. The van der Waals surface area contributed by atoms with Gasteiger partial charge in [0.2, 0.25) is 5.95 Å². The van der Waals surface area contributed by atoms with Gasteiger partial charge in [0, 0.05) is 43.9 Å². The number of fused-ring (bicyclic) bond motifs is 1. The summed E-state index contributed by atoms with van der Waals surface area (Å²) in [4.78, 5) is 23.8. The maximum atomic E-state index is 13.0. The summed E-state index contributed by atoms with van der Waals surface area (Å²) in [6, 6.07) is 7.77. The van der Waals surface area contributed by atoms with Gasteiger partial charge in [-0.15, -0.1) is 0 Å². The highest BCUT2D eigenvalue weighted by atomic mass is 16.3. The third-order valence-corrected chi connectivity index (χ3v) is 6.65. The maximum absolute atomic E-state index is 13.0. The molecule has 2 aromatic heterocycles. The van der Waals surface area contributed by atoms with Gasteiger partial charge in [0.15, 0.2) is 0 Å². The van der Waals surface area contributed by atoms with E-state index in [2.05, 4.69) is 31.8 Å². The van der Waals surface area contributed by atoms with Gasteiger partial charge < -0.3 is 20.6 Å². The summed E-state index contributed by atoms with van der Waals surface area (Å²) in [5, 5.41) is 30.3. The minimum Gasteiger partial charge on any atom is -0.395 e. The van der Waals surface area contributed by atoms with E-state index < -0.39 is 5.41 Å². The third kappa shape index (κ3) is 3.64. The molecule has 3 aromatic rings. The van der Waals surface area contributed by atoms with Crippen LogP contribution in [0, 0.1) is 11.3 Å². The standard InChI is InChI=1S/C24H26N8O2/c1-24(14-33)13-27-20-16(11-25)9-15(10-17(20)24)18-5-6-26-23(29-18)30-19-12-28-31(2)21(19)22(34)32-7-3-4-8-32/h5-6,9-10,12,27,33H,3-4,7-8,13-14H2,1-2H3,(H,26,29,30)/t24-/m1/s1. The predicted octanol–water partition coefficient (Wildman–Crippen LogP) is 2.40. The zero-order chi connectivity index (χ0) is 23.9. The lowest BCUT2D eigenvalue weighted by Gasteiger charge is -2.21. The van der Waals surface area contributed by atoms with Crippen LogP contribution in [0.25, 0.3) is 11.3 Å². The number of aromatic nitrogens is 4. The second-order valence-corrected chi connectivity index (χ2v) is 9.05. The number of nitriles is 1. The van der Waals surface area contributed by atoms with Crippen LogP contribution in [0.15, 0.2) is 30.6 Å². The van der Waals surface area contributed by atoms with Gasteiger partial charge in [-0.05, 0) is 36.6 Å². The van der Waals surface area contributed by atoms with E-state index in [-0.39, 0.29) is 12.5 Å². The van der Waals surface area contributed by atoms with Crippen molar-refractivity contribution in [2.75, 3.05) is 36.9 Å². The van der Waals surface area contributed by atoms with Crippen LogP contribution in [0.3, 0.4) is 0 Å². The Labute approximate surface area is 197 Å². The van der Waals surface area contributed by atoms with E-state index in [4.69, 9.17) is 0 Å². The van der Waals surface area contributed by atoms with E-state index in [1.54, 1.807) is 36.3 Å². The quantitative estimate of drug-likeness (QED) is 0.531. The number of aliphatic hydroxyl groups excluding tert-OH is 1. The summed E-state index contributed by atoms with van der Waals surface area (Å²) in [6.45, 7) is 3.98. The molecule has 174 valence electrons. The molecule has 4 heterocycles. The van der Waals surface area contributed by atoms with Gasteiger partial charge in [0.1, 0.15) is 11.8 Å². The molecule has 1 amide bonds. The first-order valence-corrected chi connectivity index (χ1v) is 11.3. The van der Waals surface area contributed by atoms with Gasteiger partial charge in [0.25, 0.3) is 5.91 Å². The van der Waals surface area contributed by atoms with Crippen molar-refractivity contribution in [1.29, 1.82) is 5.26 Å². The van der Waals surface area contributed by atoms with Crippen molar-refractivity contribution in [1.82, 2.24) is 24.6 Å². The molecule has 0 spiro atoms.